The molecule has 3 fully saturated rings. The molecule has 4 aliphatic rings. The number of carbonyl (C=O) groups is 6. The van der Waals surface area contributed by atoms with Crippen molar-refractivity contribution >= 4 is 46.6 Å². The molecule has 1 aromatic carbocycles. The third-order valence-corrected chi connectivity index (χ3v) is 10.0. The highest BCUT2D eigenvalue weighted by Gasteiger charge is 2.37. The van der Waals surface area contributed by atoms with E-state index in [1.54, 1.807) is 11.8 Å². The summed E-state index contributed by atoms with van der Waals surface area (Å²) in [6, 6.07) is 3.82. The van der Waals surface area contributed by atoms with Gasteiger partial charge in [-0.3, -0.25) is 24.0 Å². The summed E-state index contributed by atoms with van der Waals surface area (Å²) in [5.41, 5.74) is 2.67. The van der Waals surface area contributed by atoms with Crippen molar-refractivity contribution in [2.45, 2.75) is 89.3 Å². The molecule has 51 heavy (non-hydrogen) atoms. The Labute approximate surface area is 296 Å². The van der Waals surface area contributed by atoms with Crippen LogP contribution in [0.3, 0.4) is 0 Å². The zero-order chi connectivity index (χ0) is 36.1. The number of carbonyl (C=O) groups excluding carboxylic acids is 5. The highest BCUT2D eigenvalue weighted by atomic mass is 16.6. The molecule has 2 aliphatic heterocycles. The molecular weight excluding hydrogens is 660 g/mol. The number of hydrogen-bond donors (Lipinski definition) is 3. The van der Waals surface area contributed by atoms with E-state index in [4.69, 9.17) is 14.5 Å². The van der Waals surface area contributed by atoms with Crippen molar-refractivity contribution in [1.82, 2.24) is 30.3 Å². The summed E-state index contributed by atoms with van der Waals surface area (Å²) in [4.78, 5) is 86.8. The molecule has 3 N–H and O–H groups in total. The fourth-order valence-electron chi connectivity index (χ4n) is 7.11. The van der Waals surface area contributed by atoms with Crippen LogP contribution in [0.1, 0.15) is 79.9 Å². The lowest BCUT2D eigenvalue weighted by atomic mass is 9.89. The number of ether oxygens (including phenoxy) is 2. The highest BCUT2D eigenvalue weighted by Crippen LogP contribution is 2.34. The van der Waals surface area contributed by atoms with Crippen LogP contribution in [0.4, 0.5) is 4.79 Å². The van der Waals surface area contributed by atoms with E-state index < -0.39 is 36.0 Å². The van der Waals surface area contributed by atoms with Gasteiger partial charge in [0.25, 0.3) is 11.8 Å². The number of fused-ring (bicyclic) bond motifs is 3. The van der Waals surface area contributed by atoms with Gasteiger partial charge in [0.1, 0.15) is 23.5 Å². The van der Waals surface area contributed by atoms with E-state index in [-0.39, 0.29) is 81.5 Å². The monoisotopic (exact) mass is 706 g/mol. The third kappa shape index (κ3) is 8.51. The first-order valence-corrected chi connectivity index (χ1v) is 18.0. The number of hydrogen-bond acceptors (Lipinski definition) is 9. The molecule has 2 atom stereocenters. The lowest BCUT2D eigenvalue weighted by Crippen LogP contribution is -2.56. The van der Waals surface area contributed by atoms with Gasteiger partial charge in [-0.1, -0.05) is 6.07 Å². The van der Waals surface area contributed by atoms with Crippen molar-refractivity contribution in [3.63, 3.8) is 0 Å². The fraction of sp³-hybridized carbons (Fsp3) is 0.583. The molecule has 0 bridgehead atoms. The molecule has 0 spiro atoms. The molecule has 2 aliphatic carbocycles. The van der Waals surface area contributed by atoms with E-state index in [0.717, 1.165) is 49.7 Å². The number of likely N-dealkylation sites (tertiary alicyclic amines) is 1. The van der Waals surface area contributed by atoms with Crippen LogP contribution in [0.25, 0.3) is 10.9 Å². The number of nitrogens with zero attached hydrogens (tertiary/aromatic N) is 4. The minimum atomic E-state index is -1.16. The van der Waals surface area contributed by atoms with Gasteiger partial charge in [0.05, 0.1) is 12.1 Å². The number of amides is 5. The SMILES string of the molecule is CCOC(=O)N1CCN(C(=O)[C@H](CCC(=O)O)NC(=O)c2cc(OCC(=O)N3CCC[C@H]3C(=O)NC3CC3)c3ccc4c(c3n2)CCCC4)CC1. The zero-order valence-electron chi connectivity index (χ0n) is 29.0. The fourth-order valence-corrected chi connectivity index (χ4v) is 7.11. The summed E-state index contributed by atoms with van der Waals surface area (Å²) < 4.78 is 11.2. The summed E-state index contributed by atoms with van der Waals surface area (Å²) in [6.45, 7) is 2.92. The van der Waals surface area contributed by atoms with Gasteiger partial charge in [0, 0.05) is 56.6 Å². The summed E-state index contributed by atoms with van der Waals surface area (Å²) in [6.07, 6.45) is 5.83. The second-order valence-electron chi connectivity index (χ2n) is 13.6. The lowest BCUT2D eigenvalue weighted by Gasteiger charge is -2.35. The molecule has 2 aromatic rings. The molecule has 15 nitrogen and oxygen atoms in total. The Kier molecular flexibility index (Phi) is 11.2. The minimum absolute atomic E-state index is 0.0351. The number of piperazine rings is 1. The van der Waals surface area contributed by atoms with Crippen LogP contribution in [0.5, 0.6) is 5.75 Å². The smallest absolute Gasteiger partial charge is 0.409 e. The average Bonchev–Trinajstić information content (AvgIpc) is 3.81. The van der Waals surface area contributed by atoms with E-state index in [9.17, 15) is 33.9 Å². The molecule has 3 heterocycles. The first kappa shape index (κ1) is 35.9. The number of benzene rings is 1. The molecule has 0 unspecified atom stereocenters. The van der Waals surface area contributed by atoms with Crippen molar-refractivity contribution in [1.29, 1.82) is 0 Å². The van der Waals surface area contributed by atoms with Crippen LogP contribution < -0.4 is 15.4 Å². The first-order valence-electron chi connectivity index (χ1n) is 18.0. The second kappa shape index (κ2) is 15.9. The second-order valence-corrected chi connectivity index (χ2v) is 13.6. The number of carboxylic acids is 1. The van der Waals surface area contributed by atoms with E-state index in [1.807, 2.05) is 12.1 Å². The van der Waals surface area contributed by atoms with Gasteiger partial charge in [-0.2, -0.15) is 0 Å². The summed E-state index contributed by atoms with van der Waals surface area (Å²) in [7, 11) is 0. The maximum Gasteiger partial charge on any atom is 0.409 e. The van der Waals surface area contributed by atoms with E-state index in [0.29, 0.717) is 30.3 Å². The Balaban J connectivity index is 1.22. The normalized spacial score (nSPS) is 19.2. The van der Waals surface area contributed by atoms with Gasteiger partial charge in [-0.25, -0.2) is 9.78 Å². The Morgan fingerprint density at radius 1 is 0.961 bits per heavy atom. The van der Waals surface area contributed by atoms with Crippen molar-refractivity contribution in [3.8, 4) is 5.75 Å². The zero-order valence-corrected chi connectivity index (χ0v) is 29.0. The van der Waals surface area contributed by atoms with Gasteiger partial charge >= 0.3 is 12.1 Å². The third-order valence-electron chi connectivity index (χ3n) is 10.0. The number of aliphatic carboxylic acids is 1. The predicted molar refractivity (Wildman–Crippen MR) is 183 cm³/mol. The van der Waals surface area contributed by atoms with Gasteiger partial charge in [-0.15, -0.1) is 0 Å². The van der Waals surface area contributed by atoms with E-state index >= 15 is 0 Å². The number of aryl methyl sites for hydroxylation is 2. The maximum absolute atomic E-state index is 13.9. The molecule has 0 radical (unpaired) electrons. The van der Waals surface area contributed by atoms with Gasteiger partial charge in [-0.05, 0) is 81.9 Å². The van der Waals surface area contributed by atoms with Gasteiger partial charge in [0.2, 0.25) is 11.8 Å². The summed E-state index contributed by atoms with van der Waals surface area (Å²) >= 11 is 0. The molecule has 1 aromatic heterocycles. The number of pyridine rings is 1. The summed E-state index contributed by atoms with van der Waals surface area (Å²) in [5.74, 6) is -2.47. The molecule has 274 valence electrons. The molecule has 6 rings (SSSR count). The van der Waals surface area contributed by atoms with Gasteiger partial charge < -0.3 is 39.9 Å². The molecular formula is C36H46N6O9. The Morgan fingerprint density at radius 3 is 2.43 bits per heavy atom. The van der Waals surface area contributed by atoms with E-state index in [1.165, 1.54) is 15.9 Å². The van der Waals surface area contributed by atoms with E-state index in [2.05, 4.69) is 10.6 Å². The molecule has 5 amide bonds. The van der Waals surface area contributed by atoms with Crippen LogP contribution in [-0.2, 0) is 36.8 Å². The highest BCUT2D eigenvalue weighted by molar-refractivity contribution is 6.00. The Morgan fingerprint density at radius 2 is 1.71 bits per heavy atom. The number of carboxylic acid groups (broad SMARTS) is 1. The Bertz CT molecular complexity index is 1690. The van der Waals surface area contributed by atoms with Crippen molar-refractivity contribution in [2.24, 2.45) is 0 Å². The molecule has 1 saturated carbocycles. The predicted octanol–water partition coefficient (Wildman–Crippen LogP) is 2.03. The van der Waals surface area contributed by atoms with Crippen molar-refractivity contribution in [3.05, 3.63) is 35.0 Å². The summed E-state index contributed by atoms with van der Waals surface area (Å²) in [5, 5.41) is 15.8. The van der Waals surface area contributed by atoms with Crippen LogP contribution in [0.2, 0.25) is 0 Å². The number of aromatic nitrogens is 1. The minimum Gasteiger partial charge on any atom is -0.483 e. The van der Waals surface area contributed by atoms with Crippen LogP contribution >= 0.6 is 0 Å². The Hall–Kier alpha value is -4.95. The van der Waals surface area contributed by atoms with Crippen LogP contribution in [-0.4, -0.2) is 125 Å². The average molecular weight is 707 g/mol. The number of nitrogens with one attached hydrogen (secondary N) is 2. The van der Waals surface area contributed by atoms with Gasteiger partial charge in [0.15, 0.2) is 6.61 Å². The van der Waals surface area contributed by atoms with Crippen LogP contribution in [0.15, 0.2) is 18.2 Å². The maximum atomic E-state index is 13.9. The number of rotatable bonds is 12. The first-order chi connectivity index (χ1) is 24.6. The molecule has 15 heteroatoms. The van der Waals surface area contributed by atoms with Crippen LogP contribution in [0, 0.1) is 0 Å². The standard InChI is InChI=1S/C36H46N6O9/c1-2-50-36(49)41-18-16-40(17-19-41)35(48)26(13-14-31(44)45)39-33(46)27-20-29(25-12-9-22-6-3-4-7-24(22)32(25)38-27)51-21-30(43)42-15-5-8-28(42)34(47)37-23-10-11-23/h9,12,20,23,26,28H,2-8,10-11,13-19,21H2,1H3,(H,37,47)(H,39,46)(H,44,45)/t26-,28-/m0/s1. The van der Waals surface area contributed by atoms with Crippen molar-refractivity contribution in [2.75, 3.05) is 45.9 Å². The van der Waals surface area contributed by atoms with Crippen molar-refractivity contribution < 1.29 is 43.3 Å². The quantitative estimate of drug-likeness (QED) is 0.295. The lowest BCUT2D eigenvalue weighted by molar-refractivity contribution is -0.140. The topological polar surface area (TPSA) is 188 Å². The largest absolute Gasteiger partial charge is 0.483 e. The molecule has 2 saturated heterocycles.